The number of imidazole rings is 1. The molecule has 1 aliphatic heterocycles. The zero-order chi connectivity index (χ0) is 17.4. The average molecular weight is 345 g/mol. The third-order valence-corrected chi connectivity index (χ3v) is 5.83. The Labute approximate surface area is 146 Å². The highest BCUT2D eigenvalue weighted by Gasteiger charge is 2.35. The molecule has 5 nitrogen and oxygen atoms in total. The van der Waals surface area contributed by atoms with Crippen molar-refractivity contribution in [3.63, 3.8) is 0 Å². The Bertz CT molecular complexity index is 762. The van der Waals surface area contributed by atoms with Crippen molar-refractivity contribution in [1.29, 1.82) is 0 Å². The number of amides is 1. The first-order chi connectivity index (χ1) is 11.4. The van der Waals surface area contributed by atoms with Gasteiger partial charge in [0.2, 0.25) is 5.91 Å². The molecule has 0 spiro atoms. The van der Waals surface area contributed by atoms with Gasteiger partial charge in [-0.3, -0.25) is 4.79 Å². The van der Waals surface area contributed by atoms with Gasteiger partial charge in [0.05, 0.1) is 23.7 Å². The molecule has 1 atom stereocenters. The number of carbonyl (C=O) groups excluding carboxylic acids is 1. The van der Waals surface area contributed by atoms with Crippen LogP contribution in [0, 0.1) is 20.8 Å². The molecule has 128 valence electrons. The summed E-state index contributed by atoms with van der Waals surface area (Å²) < 4.78 is 1.85. The Morgan fingerprint density at radius 1 is 1.29 bits per heavy atom. The van der Waals surface area contributed by atoms with Gasteiger partial charge in [-0.05, 0) is 38.3 Å². The lowest BCUT2D eigenvalue weighted by atomic mass is 10.0. The number of aromatic nitrogens is 2. The highest BCUT2D eigenvalue weighted by Crippen LogP contribution is 2.35. The summed E-state index contributed by atoms with van der Waals surface area (Å²) in [5, 5.41) is 9.92. The maximum Gasteiger partial charge on any atom is 0.240 e. The largest absolute Gasteiger partial charge is 0.390 e. The maximum absolute atomic E-state index is 12.9. The summed E-state index contributed by atoms with van der Waals surface area (Å²) in [5.74, 6) is 0.142. The van der Waals surface area contributed by atoms with E-state index in [1.54, 1.807) is 6.20 Å². The van der Waals surface area contributed by atoms with Gasteiger partial charge in [-0.25, -0.2) is 4.98 Å². The summed E-state index contributed by atoms with van der Waals surface area (Å²) in [6.07, 6.45) is 2.46. The Morgan fingerprint density at radius 3 is 2.54 bits per heavy atom. The molecular formula is C18H23N3O2S. The topological polar surface area (TPSA) is 58.4 Å². The van der Waals surface area contributed by atoms with E-state index in [1.807, 2.05) is 16.5 Å². The van der Waals surface area contributed by atoms with E-state index >= 15 is 0 Å². The van der Waals surface area contributed by atoms with Crippen LogP contribution in [-0.4, -0.2) is 32.4 Å². The van der Waals surface area contributed by atoms with E-state index in [1.165, 1.54) is 17.3 Å². The Balaban J connectivity index is 1.82. The lowest BCUT2D eigenvalue weighted by Gasteiger charge is -2.22. The first kappa shape index (κ1) is 17.0. The van der Waals surface area contributed by atoms with Crippen LogP contribution in [0.25, 0.3) is 0 Å². The van der Waals surface area contributed by atoms with Crippen molar-refractivity contribution in [3.05, 3.63) is 40.7 Å². The van der Waals surface area contributed by atoms with Gasteiger partial charge in [0.25, 0.3) is 0 Å². The van der Waals surface area contributed by atoms with Crippen LogP contribution in [0.15, 0.2) is 23.5 Å². The van der Waals surface area contributed by atoms with Gasteiger partial charge in [0.1, 0.15) is 0 Å². The Kier molecular flexibility index (Phi) is 4.69. The molecule has 1 aromatic carbocycles. The molecule has 2 aromatic rings. The standard InChI is InChI=1S/C18H23N3O2S/c1-11-7-12(2)16(13(3)8-11)21-6-5-15(17(21)23)24-18-19-9-14(10-22)20(18)4/h7-9,15,22H,5-6,10H2,1-4H3/t15-/m0/s1. The van der Waals surface area contributed by atoms with Crippen LogP contribution in [0.1, 0.15) is 28.8 Å². The Morgan fingerprint density at radius 2 is 1.96 bits per heavy atom. The summed E-state index contributed by atoms with van der Waals surface area (Å²) >= 11 is 1.48. The van der Waals surface area contributed by atoms with Crippen molar-refractivity contribution in [3.8, 4) is 0 Å². The minimum atomic E-state index is -0.127. The molecular weight excluding hydrogens is 322 g/mol. The lowest BCUT2D eigenvalue weighted by molar-refractivity contribution is -0.116. The monoisotopic (exact) mass is 345 g/mol. The average Bonchev–Trinajstić information content (AvgIpc) is 3.04. The van der Waals surface area contributed by atoms with Crippen LogP contribution in [0.5, 0.6) is 0 Å². The number of aliphatic hydroxyl groups excluding tert-OH is 1. The van der Waals surface area contributed by atoms with Crippen molar-refractivity contribution in [2.24, 2.45) is 7.05 Å². The van der Waals surface area contributed by atoms with Crippen LogP contribution in [0.4, 0.5) is 5.69 Å². The van der Waals surface area contributed by atoms with Gasteiger partial charge < -0.3 is 14.6 Å². The molecule has 1 amide bonds. The van der Waals surface area contributed by atoms with E-state index in [-0.39, 0.29) is 17.8 Å². The summed E-state index contributed by atoms with van der Waals surface area (Å²) in [7, 11) is 1.87. The molecule has 0 unspecified atom stereocenters. The van der Waals surface area contributed by atoms with Crippen LogP contribution >= 0.6 is 11.8 Å². The molecule has 1 aromatic heterocycles. The minimum absolute atomic E-state index is 0.0451. The molecule has 1 saturated heterocycles. The molecule has 0 aliphatic carbocycles. The maximum atomic E-state index is 12.9. The zero-order valence-corrected chi connectivity index (χ0v) is 15.4. The van der Waals surface area contributed by atoms with Crippen molar-refractivity contribution < 1.29 is 9.90 Å². The normalized spacial score (nSPS) is 17.8. The smallest absolute Gasteiger partial charge is 0.240 e. The van der Waals surface area contributed by atoms with Crippen molar-refractivity contribution in [2.45, 2.75) is 44.2 Å². The van der Waals surface area contributed by atoms with E-state index in [0.29, 0.717) is 0 Å². The molecule has 1 fully saturated rings. The lowest BCUT2D eigenvalue weighted by Crippen LogP contribution is -2.29. The fraction of sp³-hybridized carbons (Fsp3) is 0.444. The van der Waals surface area contributed by atoms with Gasteiger partial charge in [-0.2, -0.15) is 0 Å². The molecule has 0 radical (unpaired) electrons. The van der Waals surface area contributed by atoms with Gasteiger partial charge in [-0.1, -0.05) is 29.5 Å². The number of hydrogen-bond donors (Lipinski definition) is 1. The third kappa shape index (κ3) is 2.96. The summed E-state index contributed by atoms with van der Waals surface area (Å²) in [4.78, 5) is 19.1. The number of aliphatic hydroxyl groups is 1. The van der Waals surface area contributed by atoms with Crippen molar-refractivity contribution >= 4 is 23.4 Å². The van der Waals surface area contributed by atoms with Crippen LogP contribution in [-0.2, 0) is 18.4 Å². The SMILES string of the molecule is Cc1cc(C)c(N2CC[C@H](Sc3ncc(CO)n3C)C2=O)c(C)c1. The number of thioether (sulfide) groups is 1. The minimum Gasteiger partial charge on any atom is -0.390 e. The second kappa shape index (κ2) is 6.61. The highest BCUT2D eigenvalue weighted by molar-refractivity contribution is 8.00. The van der Waals surface area contributed by atoms with Crippen LogP contribution in [0.2, 0.25) is 0 Å². The molecule has 3 rings (SSSR count). The van der Waals surface area contributed by atoms with Crippen molar-refractivity contribution in [1.82, 2.24) is 9.55 Å². The van der Waals surface area contributed by atoms with Gasteiger partial charge in [0, 0.05) is 19.3 Å². The predicted molar refractivity (Wildman–Crippen MR) is 96.4 cm³/mol. The van der Waals surface area contributed by atoms with Crippen LogP contribution in [0.3, 0.4) is 0 Å². The van der Waals surface area contributed by atoms with E-state index in [2.05, 4.69) is 37.9 Å². The summed E-state index contributed by atoms with van der Waals surface area (Å²) in [6, 6.07) is 4.25. The molecule has 6 heteroatoms. The molecule has 24 heavy (non-hydrogen) atoms. The number of carbonyl (C=O) groups is 1. The molecule has 1 N–H and O–H groups in total. The fourth-order valence-electron chi connectivity index (χ4n) is 3.39. The zero-order valence-electron chi connectivity index (χ0n) is 14.5. The van der Waals surface area contributed by atoms with Crippen molar-refractivity contribution in [2.75, 3.05) is 11.4 Å². The van der Waals surface area contributed by atoms with Gasteiger partial charge in [0.15, 0.2) is 5.16 Å². The third-order valence-electron chi connectivity index (χ3n) is 4.51. The van der Waals surface area contributed by atoms with E-state index < -0.39 is 0 Å². The number of nitrogens with zero attached hydrogens (tertiary/aromatic N) is 3. The second-order valence-electron chi connectivity index (χ2n) is 6.38. The highest BCUT2D eigenvalue weighted by atomic mass is 32.2. The van der Waals surface area contributed by atoms with Crippen LogP contribution < -0.4 is 4.90 Å². The first-order valence-corrected chi connectivity index (χ1v) is 8.97. The predicted octanol–water partition coefficient (Wildman–Crippen LogP) is 2.74. The van der Waals surface area contributed by atoms with E-state index in [0.717, 1.165) is 40.6 Å². The number of anilines is 1. The molecule has 2 heterocycles. The number of aryl methyl sites for hydroxylation is 3. The molecule has 0 bridgehead atoms. The van der Waals surface area contributed by atoms with Gasteiger partial charge in [-0.15, -0.1) is 0 Å². The number of rotatable bonds is 4. The molecule has 0 saturated carbocycles. The number of benzene rings is 1. The Hall–Kier alpha value is -1.79. The summed E-state index contributed by atoms with van der Waals surface area (Å²) in [5.41, 5.74) is 5.31. The second-order valence-corrected chi connectivity index (χ2v) is 7.55. The fourth-order valence-corrected chi connectivity index (χ4v) is 4.49. The number of hydrogen-bond acceptors (Lipinski definition) is 4. The summed E-state index contributed by atoms with van der Waals surface area (Å²) in [6.45, 7) is 6.90. The first-order valence-electron chi connectivity index (χ1n) is 8.09. The molecule has 1 aliphatic rings. The van der Waals surface area contributed by atoms with E-state index in [4.69, 9.17) is 0 Å². The van der Waals surface area contributed by atoms with Gasteiger partial charge >= 0.3 is 0 Å². The quantitative estimate of drug-likeness (QED) is 0.926. The van der Waals surface area contributed by atoms with E-state index in [9.17, 15) is 9.90 Å².